The molecule has 4 aliphatic carbocycles. The number of rotatable bonds is 2. The van der Waals surface area contributed by atoms with Gasteiger partial charge in [0.15, 0.2) is 0 Å². The minimum Gasteiger partial charge on any atom is -0.389 e. The fourth-order valence-electron chi connectivity index (χ4n) is 5.49. The Morgan fingerprint density at radius 2 is 1.78 bits per heavy atom. The lowest BCUT2D eigenvalue weighted by Crippen LogP contribution is -2.69. The number of aliphatic hydroxyl groups is 1. The second-order valence-corrected chi connectivity index (χ2v) is 7.35. The molecule has 0 radical (unpaired) electrons. The van der Waals surface area contributed by atoms with Crippen molar-refractivity contribution >= 4 is 5.91 Å². The van der Waals surface area contributed by atoms with Crippen LogP contribution in [-0.4, -0.2) is 22.2 Å². The Hall–Kier alpha value is -0.570. The normalized spacial score (nSPS) is 49.7. The van der Waals surface area contributed by atoms with Gasteiger partial charge in [-0.25, -0.2) is 0 Å². The Kier molecular flexibility index (Phi) is 2.58. The molecule has 1 amide bonds. The van der Waals surface area contributed by atoms with Gasteiger partial charge in [-0.15, -0.1) is 0 Å². The second-order valence-electron chi connectivity index (χ2n) is 7.35. The Labute approximate surface area is 109 Å². The van der Waals surface area contributed by atoms with Gasteiger partial charge in [0.05, 0.1) is 5.60 Å². The lowest BCUT2D eigenvalue weighted by atomic mass is 9.45. The smallest absolute Gasteiger partial charge is 0.217 e. The van der Waals surface area contributed by atoms with Crippen LogP contribution in [0.15, 0.2) is 0 Å². The van der Waals surface area contributed by atoms with Crippen molar-refractivity contribution < 1.29 is 9.90 Å². The summed E-state index contributed by atoms with van der Waals surface area (Å²) in [7, 11) is 0. The highest BCUT2D eigenvalue weighted by molar-refractivity contribution is 5.74. The SMILES string of the molecule is CC(=O)NC12CC3CC(C1)C(O)(C(C)C)C(C3)C2. The molecule has 4 saturated carbocycles. The van der Waals surface area contributed by atoms with Crippen LogP contribution in [0.1, 0.15) is 52.9 Å². The molecule has 4 bridgehead atoms. The molecule has 2 atom stereocenters. The maximum Gasteiger partial charge on any atom is 0.217 e. The molecule has 0 aromatic heterocycles. The topological polar surface area (TPSA) is 49.3 Å². The first-order chi connectivity index (χ1) is 8.36. The Morgan fingerprint density at radius 1 is 1.22 bits per heavy atom. The maximum absolute atomic E-state index is 11.4. The number of hydrogen-bond donors (Lipinski definition) is 2. The van der Waals surface area contributed by atoms with E-state index >= 15 is 0 Å². The van der Waals surface area contributed by atoms with E-state index in [1.54, 1.807) is 6.92 Å². The van der Waals surface area contributed by atoms with E-state index in [0.29, 0.717) is 23.7 Å². The van der Waals surface area contributed by atoms with Gasteiger partial charge in [0.1, 0.15) is 0 Å². The molecular formula is C15H25NO2. The Balaban J connectivity index is 1.91. The number of hydrogen-bond acceptors (Lipinski definition) is 2. The van der Waals surface area contributed by atoms with E-state index < -0.39 is 5.60 Å². The van der Waals surface area contributed by atoms with E-state index in [1.807, 2.05) is 0 Å². The van der Waals surface area contributed by atoms with Crippen molar-refractivity contribution in [3.05, 3.63) is 0 Å². The molecule has 4 rings (SSSR count). The third kappa shape index (κ3) is 1.56. The lowest BCUT2D eigenvalue weighted by molar-refractivity contribution is -0.206. The molecule has 0 aromatic rings. The van der Waals surface area contributed by atoms with Crippen molar-refractivity contribution in [1.29, 1.82) is 0 Å². The molecule has 4 aliphatic rings. The number of carbonyl (C=O) groups excluding carboxylic acids is 1. The summed E-state index contributed by atoms with van der Waals surface area (Å²) in [5, 5.41) is 14.3. The molecule has 3 heteroatoms. The van der Waals surface area contributed by atoms with Crippen LogP contribution in [0.5, 0.6) is 0 Å². The van der Waals surface area contributed by atoms with Crippen LogP contribution in [0.25, 0.3) is 0 Å². The van der Waals surface area contributed by atoms with Crippen LogP contribution in [0, 0.1) is 23.7 Å². The Morgan fingerprint density at radius 3 is 2.22 bits per heavy atom. The summed E-state index contributed by atoms with van der Waals surface area (Å²) in [5.41, 5.74) is -0.484. The van der Waals surface area contributed by atoms with Gasteiger partial charge in [0.25, 0.3) is 0 Å². The molecule has 0 spiro atoms. The molecular weight excluding hydrogens is 226 g/mol. The number of nitrogens with one attached hydrogen (secondary N) is 1. The first-order valence-electron chi connectivity index (χ1n) is 7.37. The molecule has 2 N–H and O–H groups in total. The third-order valence-corrected chi connectivity index (χ3v) is 5.86. The molecule has 102 valence electrons. The number of amides is 1. The number of carbonyl (C=O) groups is 1. The minimum absolute atomic E-state index is 0.00343. The zero-order chi connectivity index (χ0) is 13.1. The van der Waals surface area contributed by atoms with Crippen molar-refractivity contribution in [3.8, 4) is 0 Å². The van der Waals surface area contributed by atoms with Gasteiger partial charge in [-0.1, -0.05) is 13.8 Å². The summed E-state index contributed by atoms with van der Waals surface area (Å²) in [4.78, 5) is 11.4. The highest BCUT2D eigenvalue weighted by Crippen LogP contribution is 2.61. The van der Waals surface area contributed by atoms with Gasteiger partial charge in [-0.05, 0) is 55.8 Å². The van der Waals surface area contributed by atoms with Crippen molar-refractivity contribution in [2.75, 3.05) is 0 Å². The summed E-state index contributed by atoms with van der Waals surface area (Å²) >= 11 is 0. The van der Waals surface area contributed by atoms with Gasteiger partial charge in [0, 0.05) is 12.5 Å². The maximum atomic E-state index is 11.4. The van der Waals surface area contributed by atoms with Crippen LogP contribution >= 0.6 is 0 Å². The van der Waals surface area contributed by atoms with E-state index in [4.69, 9.17) is 0 Å². The zero-order valence-electron chi connectivity index (χ0n) is 11.7. The van der Waals surface area contributed by atoms with Gasteiger partial charge in [0.2, 0.25) is 5.91 Å². The molecule has 3 nitrogen and oxygen atoms in total. The van der Waals surface area contributed by atoms with Crippen LogP contribution in [0.2, 0.25) is 0 Å². The van der Waals surface area contributed by atoms with Crippen molar-refractivity contribution in [1.82, 2.24) is 5.32 Å². The summed E-state index contributed by atoms with van der Waals surface area (Å²) in [5.74, 6) is 1.89. The molecule has 18 heavy (non-hydrogen) atoms. The Bertz CT molecular complexity index is 361. The molecule has 4 fully saturated rings. The molecule has 2 unspecified atom stereocenters. The standard InChI is InChI=1S/C15H25NO2/c1-9(2)15(18)12-4-11-5-13(15)8-14(6-11,7-12)16-10(3)17/h9,11-13,18H,4-8H2,1-3H3,(H,16,17). The molecule has 0 aliphatic heterocycles. The predicted molar refractivity (Wildman–Crippen MR) is 69.9 cm³/mol. The van der Waals surface area contributed by atoms with Crippen LogP contribution in [0.3, 0.4) is 0 Å². The summed E-state index contributed by atoms with van der Waals surface area (Å²) in [6, 6.07) is 0. The lowest BCUT2D eigenvalue weighted by Gasteiger charge is -2.64. The van der Waals surface area contributed by atoms with E-state index in [0.717, 1.165) is 32.1 Å². The summed E-state index contributed by atoms with van der Waals surface area (Å²) in [6.07, 6.45) is 5.41. The second kappa shape index (κ2) is 3.72. The molecule has 0 saturated heterocycles. The van der Waals surface area contributed by atoms with E-state index in [-0.39, 0.29) is 11.4 Å². The first kappa shape index (κ1) is 12.5. The van der Waals surface area contributed by atoms with Crippen molar-refractivity contribution in [3.63, 3.8) is 0 Å². The van der Waals surface area contributed by atoms with Crippen LogP contribution in [-0.2, 0) is 4.79 Å². The highest BCUT2D eigenvalue weighted by atomic mass is 16.3. The van der Waals surface area contributed by atoms with Gasteiger partial charge in [-0.3, -0.25) is 4.79 Å². The summed E-state index contributed by atoms with van der Waals surface area (Å²) in [6.45, 7) is 5.91. The fraction of sp³-hybridized carbons (Fsp3) is 0.933. The first-order valence-corrected chi connectivity index (χ1v) is 7.37. The largest absolute Gasteiger partial charge is 0.389 e. The third-order valence-electron chi connectivity index (χ3n) is 5.86. The van der Waals surface area contributed by atoms with Gasteiger partial charge < -0.3 is 10.4 Å². The predicted octanol–water partition coefficient (Wildman–Crippen LogP) is 2.09. The van der Waals surface area contributed by atoms with E-state index in [9.17, 15) is 9.90 Å². The van der Waals surface area contributed by atoms with Crippen LogP contribution < -0.4 is 5.32 Å². The van der Waals surface area contributed by atoms with E-state index in [1.165, 1.54) is 0 Å². The van der Waals surface area contributed by atoms with Crippen LogP contribution in [0.4, 0.5) is 0 Å². The fourth-order valence-corrected chi connectivity index (χ4v) is 5.49. The van der Waals surface area contributed by atoms with Gasteiger partial charge in [-0.2, -0.15) is 0 Å². The average molecular weight is 251 g/mol. The van der Waals surface area contributed by atoms with Crippen molar-refractivity contribution in [2.24, 2.45) is 23.7 Å². The minimum atomic E-state index is -0.487. The molecule has 0 heterocycles. The quantitative estimate of drug-likeness (QED) is 0.789. The van der Waals surface area contributed by atoms with Crippen molar-refractivity contribution in [2.45, 2.75) is 64.0 Å². The monoisotopic (exact) mass is 251 g/mol. The molecule has 0 aromatic carbocycles. The average Bonchev–Trinajstić information content (AvgIpc) is 2.22. The van der Waals surface area contributed by atoms with E-state index in [2.05, 4.69) is 19.2 Å². The highest BCUT2D eigenvalue weighted by Gasteiger charge is 2.62. The van der Waals surface area contributed by atoms with Gasteiger partial charge >= 0.3 is 0 Å². The zero-order valence-corrected chi connectivity index (χ0v) is 11.7. The summed E-state index contributed by atoms with van der Waals surface area (Å²) < 4.78 is 0.